The Morgan fingerprint density at radius 3 is 2.50 bits per heavy atom. The molecule has 6 nitrogen and oxygen atoms in total. The zero-order chi connectivity index (χ0) is 20.7. The quantitative estimate of drug-likeness (QED) is 0.578. The number of halogens is 3. The fraction of sp³-hybridized carbons (Fsp3) is 0.211. The van der Waals surface area contributed by atoms with Crippen LogP contribution >= 0.6 is 0 Å². The predicted octanol–water partition coefficient (Wildman–Crippen LogP) is 3.85. The van der Waals surface area contributed by atoms with E-state index in [1.54, 1.807) is 24.3 Å². The summed E-state index contributed by atoms with van der Waals surface area (Å²) in [6.07, 6.45) is -4.71. The normalized spacial score (nSPS) is 11.7. The molecule has 0 unspecified atom stereocenters. The standard InChI is InChI=1S/C19H18F3N3O3/c1-12(24-25-18(27)15-8-3-4-9-16(15)28-2)10-17(26)23-14-7-5-6-13(11-14)19(20,21)22/h3-9,11H,10H2,1-2H3,(H,23,26)(H,25,27)/b24-12+. The van der Waals surface area contributed by atoms with Crippen LogP contribution in [0.5, 0.6) is 5.75 Å². The second kappa shape index (κ2) is 9.03. The zero-order valence-corrected chi connectivity index (χ0v) is 15.1. The number of anilines is 1. The molecule has 0 atom stereocenters. The number of nitrogens with zero attached hydrogens (tertiary/aromatic N) is 1. The number of para-hydroxylation sites is 1. The Hall–Kier alpha value is -3.36. The van der Waals surface area contributed by atoms with E-state index in [4.69, 9.17) is 4.74 Å². The number of rotatable bonds is 6. The molecule has 0 aliphatic heterocycles. The summed E-state index contributed by atoms with van der Waals surface area (Å²) in [6.45, 7) is 1.51. The van der Waals surface area contributed by atoms with E-state index in [0.29, 0.717) is 5.75 Å². The summed E-state index contributed by atoms with van der Waals surface area (Å²) >= 11 is 0. The van der Waals surface area contributed by atoms with Crippen molar-refractivity contribution >= 4 is 23.2 Å². The van der Waals surface area contributed by atoms with E-state index in [-0.39, 0.29) is 23.4 Å². The molecule has 28 heavy (non-hydrogen) atoms. The lowest BCUT2D eigenvalue weighted by Crippen LogP contribution is -2.22. The highest BCUT2D eigenvalue weighted by molar-refractivity contribution is 6.06. The van der Waals surface area contributed by atoms with Gasteiger partial charge in [0, 0.05) is 11.4 Å². The van der Waals surface area contributed by atoms with Gasteiger partial charge in [-0.25, -0.2) is 5.43 Å². The number of nitrogens with one attached hydrogen (secondary N) is 2. The van der Waals surface area contributed by atoms with E-state index < -0.39 is 23.6 Å². The summed E-state index contributed by atoms with van der Waals surface area (Å²) in [5.74, 6) is -0.711. The van der Waals surface area contributed by atoms with Crippen molar-refractivity contribution in [3.63, 3.8) is 0 Å². The predicted molar refractivity (Wildman–Crippen MR) is 98.3 cm³/mol. The van der Waals surface area contributed by atoms with Gasteiger partial charge in [-0.15, -0.1) is 0 Å². The largest absolute Gasteiger partial charge is 0.496 e. The third-order valence-corrected chi connectivity index (χ3v) is 3.59. The maximum Gasteiger partial charge on any atom is 0.416 e. The molecule has 0 heterocycles. The lowest BCUT2D eigenvalue weighted by atomic mass is 10.2. The first-order valence-electron chi connectivity index (χ1n) is 8.14. The van der Waals surface area contributed by atoms with Gasteiger partial charge in [0.1, 0.15) is 5.75 Å². The number of alkyl halides is 3. The number of amides is 2. The fourth-order valence-corrected chi connectivity index (χ4v) is 2.29. The van der Waals surface area contributed by atoms with Gasteiger partial charge in [-0.2, -0.15) is 18.3 Å². The molecule has 2 amide bonds. The van der Waals surface area contributed by atoms with E-state index in [1.807, 2.05) is 0 Å². The van der Waals surface area contributed by atoms with E-state index in [0.717, 1.165) is 12.1 Å². The van der Waals surface area contributed by atoms with Gasteiger partial charge < -0.3 is 10.1 Å². The van der Waals surface area contributed by atoms with Crippen molar-refractivity contribution in [2.24, 2.45) is 5.10 Å². The number of benzene rings is 2. The number of hydrogen-bond acceptors (Lipinski definition) is 4. The number of hydrazone groups is 1. The third-order valence-electron chi connectivity index (χ3n) is 3.59. The van der Waals surface area contributed by atoms with E-state index in [9.17, 15) is 22.8 Å². The lowest BCUT2D eigenvalue weighted by Gasteiger charge is -2.10. The minimum absolute atomic E-state index is 0.0192. The molecule has 2 aromatic carbocycles. The molecule has 0 saturated carbocycles. The molecular formula is C19H18F3N3O3. The molecule has 2 N–H and O–H groups in total. The Bertz CT molecular complexity index is 895. The molecule has 2 aromatic rings. The van der Waals surface area contributed by atoms with Crippen LogP contribution in [0.2, 0.25) is 0 Å². The zero-order valence-electron chi connectivity index (χ0n) is 15.1. The van der Waals surface area contributed by atoms with E-state index >= 15 is 0 Å². The van der Waals surface area contributed by atoms with Gasteiger partial charge in [-0.05, 0) is 37.3 Å². The second-order valence-electron chi connectivity index (χ2n) is 5.79. The topological polar surface area (TPSA) is 79.8 Å². The molecule has 0 saturated heterocycles. The summed E-state index contributed by atoms with van der Waals surface area (Å²) in [4.78, 5) is 24.1. The van der Waals surface area contributed by atoms with Gasteiger partial charge in [0.15, 0.2) is 0 Å². The molecular weight excluding hydrogens is 375 g/mol. The number of methoxy groups -OCH3 is 1. The summed E-state index contributed by atoms with van der Waals surface area (Å²) < 4.78 is 43.2. The molecule has 0 spiro atoms. The maximum absolute atomic E-state index is 12.7. The number of carbonyl (C=O) groups excluding carboxylic acids is 2. The molecule has 9 heteroatoms. The summed E-state index contributed by atoms with van der Waals surface area (Å²) in [7, 11) is 1.43. The maximum atomic E-state index is 12.7. The smallest absolute Gasteiger partial charge is 0.416 e. The molecule has 0 bridgehead atoms. The molecule has 0 radical (unpaired) electrons. The average molecular weight is 393 g/mol. The van der Waals surface area contributed by atoms with Crippen LogP contribution in [-0.2, 0) is 11.0 Å². The Kier molecular flexibility index (Phi) is 6.75. The van der Waals surface area contributed by atoms with Crippen molar-refractivity contribution in [2.45, 2.75) is 19.5 Å². The van der Waals surface area contributed by atoms with Gasteiger partial charge in [-0.3, -0.25) is 9.59 Å². The van der Waals surface area contributed by atoms with Crippen molar-refractivity contribution in [1.29, 1.82) is 0 Å². The van der Waals surface area contributed by atoms with E-state index in [1.165, 1.54) is 26.2 Å². The Balaban J connectivity index is 1.96. The summed E-state index contributed by atoms with van der Waals surface area (Å²) in [6, 6.07) is 10.9. The van der Waals surface area contributed by atoms with E-state index in [2.05, 4.69) is 15.8 Å². The lowest BCUT2D eigenvalue weighted by molar-refractivity contribution is -0.137. The van der Waals surface area contributed by atoms with Crippen LogP contribution in [-0.4, -0.2) is 24.6 Å². The van der Waals surface area contributed by atoms with Gasteiger partial charge in [0.2, 0.25) is 5.91 Å². The van der Waals surface area contributed by atoms with Gasteiger partial charge in [0.05, 0.1) is 24.7 Å². The highest BCUT2D eigenvalue weighted by Crippen LogP contribution is 2.30. The average Bonchev–Trinajstić information content (AvgIpc) is 2.65. The molecule has 148 valence electrons. The fourth-order valence-electron chi connectivity index (χ4n) is 2.29. The molecule has 2 rings (SSSR count). The first-order valence-corrected chi connectivity index (χ1v) is 8.14. The van der Waals surface area contributed by atoms with Crippen molar-refractivity contribution in [3.05, 3.63) is 59.7 Å². The van der Waals surface area contributed by atoms with Crippen molar-refractivity contribution in [1.82, 2.24) is 5.43 Å². The SMILES string of the molecule is COc1ccccc1C(=O)N/N=C(\C)CC(=O)Nc1cccc(C(F)(F)F)c1. The van der Waals surface area contributed by atoms with Gasteiger partial charge in [-0.1, -0.05) is 18.2 Å². The molecule has 0 aliphatic carbocycles. The van der Waals surface area contributed by atoms with Crippen molar-refractivity contribution in [2.75, 3.05) is 12.4 Å². The van der Waals surface area contributed by atoms with Crippen LogP contribution in [0.4, 0.5) is 18.9 Å². The molecule has 0 fully saturated rings. The molecule has 0 aromatic heterocycles. The highest BCUT2D eigenvalue weighted by Gasteiger charge is 2.30. The highest BCUT2D eigenvalue weighted by atomic mass is 19.4. The Labute approximate surface area is 159 Å². The third kappa shape index (κ3) is 5.83. The Morgan fingerprint density at radius 1 is 1.11 bits per heavy atom. The Morgan fingerprint density at radius 2 is 1.82 bits per heavy atom. The van der Waals surface area contributed by atoms with Crippen molar-refractivity contribution < 1.29 is 27.5 Å². The first kappa shape index (κ1) is 20.9. The minimum Gasteiger partial charge on any atom is -0.496 e. The second-order valence-corrected chi connectivity index (χ2v) is 5.79. The molecule has 0 aliphatic rings. The number of ether oxygens (including phenoxy) is 1. The van der Waals surface area contributed by atoms with Crippen LogP contribution in [0, 0.1) is 0 Å². The number of carbonyl (C=O) groups is 2. The van der Waals surface area contributed by atoms with Crippen LogP contribution in [0.3, 0.4) is 0 Å². The monoisotopic (exact) mass is 393 g/mol. The van der Waals surface area contributed by atoms with Gasteiger partial charge >= 0.3 is 6.18 Å². The first-order chi connectivity index (χ1) is 13.2. The number of hydrogen-bond donors (Lipinski definition) is 2. The summed E-state index contributed by atoms with van der Waals surface area (Å²) in [5.41, 5.74) is 2.01. The minimum atomic E-state index is -4.50. The van der Waals surface area contributed by atoms with Crippen molar-refractivity contribution in [3.8, 4) is 5.75 Å². The van der Waals surface area contributed by atoms with Crippen LogP contribution in [0.25, 0.3) is 0 Å². The summed E-state index contributed by atoms with van der Waals surface area (Å²) in [5, 5.41) is 6.21. The van der Waals surface area contributed by atoms with Crippen LogP contribution in [0.1, 0.15) is 29.3 Å². The van der Waals surface area contributed by atoms with Crippen LogP contribution < -0.4 is 15.5 Å². The van der Waals surface area contributed by atoms with Gasteiger partial charge in [0.25, 0.3) is 5.91 Å². The van der Waals surface area contributed by atoms with Crippen LogP contribution in [0.15, 0.2) is 53.6 Å².